The van der Waals surface area contributed by atoms with E-state index in [9.17, 15) is 22.8 Å². The molecule has 0 radical (unpaired) electrons. The number of benzene rings is 1. The fraction of sp³-hybridized carbons (Fsp3) is 0.522. The maximum Gasteiger partial charge on any atom is 0.331 e. The molecule has 5 rings (SSSR count). The molecule has 1 N–H and O–H groups in total. The average molecular weight is 473 g/mol. The molecule has 10 heteroatoms. The molecule has 176 valence electrons. The molecule has 0 spiro atoms. The van der Waals surface area contributed by atoms with Gasteiger partial charge in [0.25, 0.3) is 5.56 Å². The second-order valence-electron chi connectivity index (χ2n) is 9.86. The Bertz CT molecular complexity index is 1400. The molecule has 9 nitrogen and oxygen atoms in total. The molecule has 1 aliphatic heterocycles. The second kappa shape index (κ2) is 7.39. The van der Waals surface area contributed by atoms with E-state index in [0.717, 1.165) is 25.7 Å². The topological polar surface area (TPSA) is 110 Å². The van der Waals surface area contributed by atoms with Crippen molar-refractivity contribution in [3.05, 3.63) is 51.7 Å². The quantitative estimate of drug-likeness (QED) is 0.612. The van der Waals surface area contributed by atoms with Gasteiger partial charge in [0.1, 0.15) is 0 Å². The van der Waals surface area contributed by atoms with Crippen LogP contribution in [0, 0.1) is 5.92 Å². The van der Waals surface area contributed by atoms with Crippen molar-refractivity contribution >= 4 is 26.8 Å². The average Bonchev–Trinajstić information content (AvgIpc) is 3.70. The van der Waals surface area contributed by atoms with E-state index in [2.05, 4.69) is 11.3 Å². The molecule has 2 unspecified atom stereocenters. The number of nitrogens with zero attached hydrogens (tertiary/aromatic N) is 3. The third-order valence-corrected chi connectivity index (χ3v) is 8.83. The van der Waals surface area contributed by atoms with Gasteiger partial charge in [-0.05, 0) is 69.7 Å². The first-order valence-electron chi connectivity index (χ1n) is 11.3. The summed E-state index contributed by atoms with van der Waals surface area (Å²) in [5.41, 5.74) is -0.947. The molecule has 0 bridgehead atoms. The molecule has 1 aromatic heterocycles. The standard InChI is InChI=1S/C23H28N4O5S/c1-4-20(28)25-13-19(14(25)2)27-21(29)17-11-16(33(31,32)24-23(3)9-10-23)7-8-18(17)26(22(27)30)12-15-5-6-15/h4,7-8,11,14-15,19,24H,1,5-6,9-10,12-13H2,2-3H3. The molecule has 2 atom stereocenters. The number of nitrogens with one attached hydrogen (secondary N) is 1. The van der Waals surface area contributed by atoms with E-state index in [1.165, 1.54) is 22.8 Å². The zero-order valence-corrected chi connectivity index (χ0v) is 19.6. The summed E-state index contributed by atoms with van der Waals surface area (Å²) in [7, 11) is -3.81. The van der Waals surface area contributed by atoms with Gasteiger partial charge in [-0.15, -0.1) is 0 Å². The molecule has 1 aromatic carbocycles. The highest BCUT2D eigenvalue weighted by molar-refractivity contribution is 7.89. The number of hydrogen-bond acceptors (Lipinski definition) is 5. The maximum atomic E-state index is 13.5. The molecule has 2 aromatic rings. The molecule has 1 amide bonds. The van der Waals surface area contributed by atoms with Crippen LogP contribution in [0.2, 0.25) is 0 Å². The minimum atomic E-state index is -3.81. The Morgan fingerprint density at radius 3 is 2.55 bits per heavy atom. The minimum absolute atomic E-state index is 0.00788. The van der Waals surface area contributed by atoms with E-state index in [-0.39, 0.29) is 28.8 Å². The van der Waals surface area contributed by atoms with Crippen LogP contribution in [-0.2, 0) is 21.4 Å². The van der Waals surface area contributed by atoms with Gasteiger partial charge in [0, 0.05) is 18.6 Å². The van der Waals surface area contributed by atoms with Crippen LogP contribution >= 0.6 is 0 Å². The van der Waals surface area contributed by atoms with Crippen LogP contribution in [-0.4, -0.2) is 46.5 Å². The number of sulfonamides is 1. The van der Waals surface area contributed by atoms with Crippen molar-refractivity contribution in [1.82, 2.24) is 18.8 Å². The van der Waals surface area contributed by atoms with Crippen LogP contribution in [0.5, 0.6) is 0 Å². The Labute approximate surface area is 191 Å². The Morgan fingerprint density at radius 2 is 1.97 bits per heavy atom. The predicted molar refractivity (Wildman–Crippen MR) is 124 cm³/mol. The SMILES string of the molecule is C=CC(=O)N1CC(n2c(=O)c3cc(S(=O)(=O)NC4(C)CC4)ccc3n(CC3CC3)c2=O)C1C. The first-order valence-corrected chi connectivity index (χ1v) is 12.8. The van der Waals surface area contributed by atoms with Crippen LogP contribution in [0.15, 0.2) is 45.3 Å². The molecule has 33 heavy (non-hydrogen) atoms. The van der Waals surface area contributed by atoms with Gasteiger partial charge in [0.2, 0.25) is 15.9 Å². The van der Waals surface area contributed by atoms with E-state index in [1.54, 1.807) is 22.5 Å². The van der Waals surface area contributed by atoms with Gasteiger partial charge in [-0.3, -0.25) is 18.7 Å². The summed E-state index contributed by atoms with van der Waals surface area (Å²) in [4.78, 5) is 40.5. The van der Waals surface area contributed by atoms with Gasteiger partial charge < -0.3 is 4.90 Å². The zero-order chi connectivity index (χ0) is 23.7. The van der Waals surface area contributed by atoms with E-state index in [1.807, 2.05) is 6.92 Å². The number of carbonyl (C=O) groups is 1. The summed E-state index contributed by atoms with van der Waals surface area (Å²) >= 11 is 0. The summed E-state index contributed by atoms with van der Waals surface area (Å²) in [6, 6.07) is 3.57. The normalized spacial score (nSPS) is 23.9. The van der Waals surface area contributed by atoms with Gasteiger partial charge >= 0.3 is 5.69 Å². The van der Waals surface area contributed by atoms with Gasteiger partial charge in [-0.2, -0.15) is 0 Å². The monoisotopic (exact) mass is 472 g/mol. The number of amides is 1. The fourth-order valence-corrected chi connectivity index (χ4v) is 6.03. The van der Waals surface area contributed by atoms with Gasteiger partial charge in [-0.1, -0.05) is 6.58 Å². The van der Waals surface area contributed by atoms with E-state index < -0.39 is 32.9 Å². The molecule has 2 saturated carbocycles. The zero-order valence-electron chi connectivity index (χ0n) is 18.8. The maximum absolute atomic E-state index is 13.5. The first-order chi connectivity index (χ1) is 15.5. The van der Waals surface area contributed by atoms with E-state index in [4.69, 9.17) is 0 Å². The number of likely N-dealkylation sites (tertiary alicyclic amines) is 1. The summed E-state index contributed by atoms with van der Waals surface area (Å²) in [5, 5.41) is 0.194. The van der Waals surface area contributed by atoms with Crippen molar-refractivity contribution in [2.24, 2.45) is 5.92 Å². The number of hydrogen-bond donors (Lipinski definition) is 1. The minimum Gasteiger partial charge on any atom is -0.332 e. The van der Waals surface area contributed by atoms with Crippen molar-refractivity contribution < 1.29 is 13.2 Å². The van der Waals surface area contributed by atoms with Crippen molar-refractivity contribution in [3.8, 4) is 0 Å². The highest BCUT2D eigenvalue weighted by Gasteiger charge is 2.42. The number of aromatic nitrogens is 2. The van der Waals surface area contributed by atoms with Crippen molar-refractivity contribution in [2.75, 3.05) is 6.54 Å². The Hall–Kier alpha value is -2.72. The highest BCUT2D eigenvalue weighted by atomic mass is 32.2. The predicted octanol–water partition coefficient (Wildman–Crippen LogP) is 1.36. The van der Waals surface area contributed by atoms with Gasteiger partial charge in [0.05, 0.1) is 27.9 Å². The van der Waals surface area contributed by atoms with Crippen molar-refractivity contribution in [1.29, 1.82) is 0 Å². The second-order valence-corrected chi connectivity index (χ2v) is 11.5. The fourth-order valence-electron chi connectivity index (χ4n) is 4.53. The third kappa shape index (κ3) is 3.74. The third-order valence-electron chi connectivity index (χ3n) is 7.20. The lowest BCUT2D eigenvalue weighted by atomic mass is 9.97. The van der Waals surface area contributed by atoms with E-state index >= 15 is 0 Å². The van der Waals surface area contributed by atoms with Crippen LogP contribution in [0.4, 0.5) is 0 Å². The van der Waals surface area contributed by atoms with Crippen LogP contribution < -0.4 is 16.0 Å². The van der Waals surface area contributed by atoms with Crippen molar-refractivity contribution in [3.63, 3.8) is 0 Å². The number of fused-ring (bicyclic) bond motifs is 1. The van der Waals surface area contributed by atoms with Crippen molar-refractivity contribution in [2.45, 2.75) is 68.6 Å². The lowest BCUT2D eigenvalue weighted by Crippen LogP contribution is -2.61. The molecule has 1 saturated heterocycles. The highest BCUT2D eigenvalue weighted by Crippen LogP contribution is 2.36. The summed E-state index contributed by atoms with van der Waals surface area (Å²) in [5.74, 6) is 0.119. The Balaban J connectivity index is 1.64. The Kier molecular flexibility index (Phi) is 4.95. The smallest absolute Gasteiger partial charge is 0.331 e. The molecule has 3 aliphatic rings. The lowest BCUT2D eigenvalue weighted by molar-refractivity contribution is -0.136. The molecule has 3 fully saturated rings. The Morgan fingerprint density at radius 1 is 1.27 bits per heavy atom. The number of rotatable bonds is 7. The molecule has 2 aliphatic carbocycles. The van der Waals surface area contributed by atoms with Crippen LogP contribution in [0.3, 0.4) is 0 Å². The number of carbonyl (C=O) groups excluding carboxylic acids is 1. The lowest BCUT2D eigenvalue weighted by Gasteiger charge is -2.46. The van der Waals surface area contributed by atoms with Gasteiger partial charge in [-0.25, -0.2) is 17.9 Å². The van der Waals surface area contributed by atoms with Crippen LogP contribution in [0.25, 0.3) is 10.9 Å². The molecule has 2 heterocycles. The molecular weight excluding hydrogens is 444 g/mol. The first kappa shape index (κ1) is 22.1. The summed E-state index contributed by atoms with van der Waals surface area (Å²) in [6.07, 6.45) is 4.79. The summed E-state index contributed by atoms with van der Waals surface area (Å²) in [6.45, 7) is 7.85. The van der Waals surface area contributed by atoms with Gasteiger partial charge in [0.15, 0.2) is 0 Å². The van der Waals surface area contributed by atoms with Crippen LogP contribution in [0.1, 0.15) is 45.6 Å². The molecular formula is C23H28N4O5S. The van der Waals surface area contributed by atoms with E-state index in [0.29, 0.717) is 18.0 Å². The summed E-state index contributed by atoms with van der Waals surface area (Å²) < 4.78 is 31.4. The largest absolute Gasteiger partial charge is 0.332 e.